The maximum atomic E-state index is 10.9. The predicted molar refractivity (Wildman–Crippen MR) is 43.2 cm³/mol. The Kier molecular flexibility index (Phi) is 2.76. The van der Waals surface area contributed by atoms with Crippen LogP contribution in [0.1, 0.15) is 11.6 Å². The summed E-state index contributed by atoms with van der Waals surface area (Å²) in [6, 6.07) is 2.72. The summed E-state index contributed by atoms with van der Waals surface area (Å²) in [6.07, 6.45) is 3.16. The van der Waals surface area contributed by atoms with Crippen molar-refractivity contribution in [1.29, 1.82) is 0 Å². The largest absolute Gasteiger partial charge is 0.468 e. The molecule has 0 aliphatic rings. The van der Waals surface area contributed by atoms with E-state index in [1.54, 1.807) is 24.5 Å². The maximum absolute atomic E-state index is 10.9. The quantitative estimate of drug-likeness (QED) is 0.640. The fraction of sp³-hybridized carbons (Fsp3) is 0.250. The van der Waals surface area contributed by atoms with Crippen molar-refractivity contribution in [3.8, 4) is 0 Å². The van der Waals surface area contributed by atoms with Crippen LogP contribution in [0.3, 0.4) is 0 Å². The number of nitrogens with two attached hydrogens (primary N) is 1. The Morgan fingerprint density at radius 1 is 1.75 bits per heavy atom. The first-order valence-corrected chi connectivity index (χ1v) is 3.49. The van der Waals surface area contributed by atoms with Crippen molar-refractivity contribution < 1.29 is 9.53 Å². The molecule has 4 heteroatoms. The number of pyridine rings is 1. The molecule has 2 N–H and O–H groups in total. The molecular weight excluding hydrogens is 156 g/mol. The fourth-order valence-electron chi connectivity index (χ4n) is 0.823. The summed E-state index contributed by atoms with van der Waals surface area (Å²) < 4.78 is 4.47. The van der Waals surface area contributed by atoms with Crippen molar-refractivity contribution in [3.63, 3.8) is 0 Å². The van der Waals surface area contributed by atoms with Crippen LogP contribution in [-0.2, 0) is 9.53 Å². The lowest BCUT2D eigenvalue weighted by molar-refractivity contribution is -0.142. The normalized spacial score (nSPS) is 12.2. The predicted octanol–water partition coefficient (Wildman–Crippen LogP) is 0.254. The van der Waals surface area contributed by atoms with Crippen molar-refractivity contribution in [1.82, 2.24) is 4.98 Å². The molecule has 0 unspecified atom stereocenters. The van der Waals surface area contributed by atoms with Crippen molar-refractivity contribution in [2.45, 2.75) is 6.04 Å². The number of nitrogens with zero attached hydrogens (tertiary/aromatic N) is 1. The van der Waals surface area contributed by atoms with Gasteiger partial charge in [-0.2, -0.15) is 0 Å². The summed E-state index contributed by atoms with van der Waals surface area (Å²) in [5.41, 5.74) is 6.19. The molecule has 1 aromatic rings. The molecule has 12 heavy (non-hydrogen) atoms. The highest BCUT2D eigenvalue weighted by atomic mass is 16.5. The second kappa shape index (κ2) is 3.82. The first kappa shape index (κ1) is 8.67. The Bertz CT molecular complexity index is 261. The van der Waals surface area contributed by atoms with Crippen LogP contribution in [-0.4, -0.2) is 18.1 Å². The van der Waals surface area contributed by atoms with Gasteiger partial charge in [-0.3, -0.25) is 9.78 Å². The fourth-order valence-corrected chi connectivity index (χ4v) is 0.823. The summed E-state index contributed by atoms with van der Waals surface area (Å²) in [4.78, 5) is 14.8. The minimum absolute atomic E-state index is 0.456. The molecule has 0 spiro atoms. The molecule has 0 bridgehead atoms. The SMILES string of the molecule is COC(=O)[C@H](N)c1cccnc1. The van der Waals surface area contributed by atoms with E-state index in [1.165, 1.54) is 7.11 Å². The first-order valence-electron chi connectivity index (χ1n) is 3.49. The van der Waals surface area contributed by atoms with Gasteiger partial charge in [-0.25, -0.2) is 0 Å². The summed E-state index contributed by atoms with van der Waals surface area (Å²) in [7, 11) is 1.30. The van der Waals surface area contributed by atoms with Crippen molar-refractivity contribution in [3.05, 3.63) is 30.1 Å². The van der Waals surface area contributed by atoms with Crippen LogP contribution < -0.4 is 5.73 Å². The van der Waals surface area contributed by atoms with E-state index >= 15 is 0 Å². The summed E-state index contributed by atoms with van der Waals surface area (Å²) in [5, 5.41) is 0. The number of esters is 1. The van der Waals surface area contributed by atoms with Gasteiger partial charge in [0, 0.05) is 12.4 Å². The smallest absolute Gasteiger partial charge is 0.327 e. The summed E-state index contributed by atoms with van der Waals surface area (Å²) >= 11 is 0. The Morgan fingerprint density at radius 2 is 2.50 bits per heavy atom. The topological polar surface area (TPSA) is 65.2 Å². The van der Waals surface area contributed by atoms with Crippen LogP contribution in [0.5, 0.6) is 0 Å². The van der Waals surface area contributed by atoms with Gasteiger partial charge in [0.15, 0.2) is 0 Å². The van der Waals surface area contributed by atoms with E-state index in [9.17, 15) is 4.79 Å². The van der Waals surface area contributed by atoms with Gasteiger partial charge in [0.2, 0.25) is 0 Å². The zero-order valence-electron chi connectivity index (χ0n) is 6.73. The number of carbonyl (C=O) groups is 1. The molecule has 0 aliphatic carbocycles. The Hall–Kier alpha value is -1.42. The lowest BCUT2D eigenvalue weighted by Crippen LogP contribution is -2.22. The lowest BCUT2D eigenvalue weighted by atomic mass is 10.1. The second-order valence-electron chi connectivity index (χ2n) is 2.29. The molecule has 1 aromatic heterocycles. The molecule has 1 atom stereocenters. The summed E-state index contributed by atoms with van der Waals surface area (Å²) in [5.74, 6) is -0.456. The van der Waals surface area contributed by atoms with E-state index in [-0.39, 0.29) is 0 Å². The van der Waals surface area contributed by atoms with Gasteiger partial charge in [0.1, 0.15) is 6.04 Å². The number of methoxy groups -OCH3 is 1. The highest BCUT2D eigenvalue weighted by Crippen LogP contribution is 2.08. The van der Waals surface area contributed by atoms with E-state index < -0.39 is 12.0 Å². The molecule has 0 radical (unpaired) electrons. The maximum Gasteiger partial charge on any atom is 0.327 e. The van der Waals surface area contributed by atoms with Gasteiger partial charge in [-0.05, 0) is 11.6 Å². The van der Waals surface area contributed by atoms with E-state index in [0.717, 1.165) is 0 Å². The lowest BCUT2D eigenvalue weighted by Gasteiger charge is -2.07. The van der Waals surface area contributed by atoms with E-state index in [2.05, 4.69) is 9.72 Å². The number of hydrogen-bond acceptors (Lipinski definition) is 4. The summed E-state index contributed by atoms with van der Waals surface area (Å²) in [6.45, 7) is 0. The molecular formula is C8H10N2O2. The van der Waals surface area contributed by atoms with Crippen LogP contribution in [0.4, 0.5) is 0 Å². The third kappa shape index (κ3) is 1.79. The first-order chi connectivity index (χ1) is 5.75. The molecule has 0 saturated carbocycles. The van der Waals surface area contributed by atoms with Crippen LogP contribution in [0.15, 0.2) is 24.5 Å². The van der Waals surface area contributed by atoms with Gasteiger partial charge < -0.3 is 10.5 Å². The minimum atomic E-state index is -0.733. The van der Waals surface area contributed by atoms with Crippen LogP contribution in [0.25, 0.3) is 0 Å². The standard InChI is InChI=1S/C8H10N2O2/c1-12-8(11)7(9)6-3-2-4-10-5-6/h2-5,7H,9H2,1H3/t7-/m1/s1. The molecule has 0 saturated heterocycles. The highest BCUT2D eigenvalue weighted by Gasteiger charge is 2.15. The second-order valence-corrected chi connectivity index (χ2v) is 2.29. The number of carbonyl (C=O) groups excluding carboxylic acids is 1. The van der Waals surface area contributed by atoms with Gasteiger partial charge in [0.05, 0.1) is 7.11 Å². The monoisotopic (exact) mass is 166 g/mol. The average molecular weight is 166 g/mol. The molecule has 0 aliphatic heterocycles. The van der Waals surface area contributed by atoms with Gasteiger partial charge >= 0.3 is 5.97 Å². The Balaban J connectivity index is 2.78. The average Bonchev–Trinajstić information content (AvgIpc) is 2.17. The Labute approximate surface area is 70.4 Å². The molecule has 1 rings (SSSR count). The molecule has 0 amide bonds. The van der Waals surface area contributed by atoms with Crippen LogP contribution in [0.2, 0.25) is 0 Å². The van der Waals surface area contributed by atoms with Crippen molar-refractivity contribution >= 4 is 5.97 Å². The Morgan fingerprint density at radius 3 is 3.00 bits per heavy atom. The molecule has 0 aromatic carbocycles. The van der Waals surface area contributed by atoms with Crippen molar-refractivity contribution in [2.75, 3.05) is 7.11 Å². The molecule has 1 heterocycles. The van der Waals surface area contributed by atoms with E-state index in [0.29, 0.717) is 5.56 Å². The number of hydrogen-bond donors (Lipinski definition) is 1. The van der Waals surface area contributed by atoms with E-state index in [4.69, 9.17) is 5.73 Å². The molecule has 0 fully saturated rings. The number of rotatable bonds is 2. The number of ether oxygens (including phenoxy) is 1. The third-order valence-corrected chi connectivity index (χ3v) is 1.50. The van der Waals surface area contributed by atoms with Crippen LogP contribution >= 0.6 is 0 Å². The zero-order valence-corrected chi connectivity index (χ0v) is 6.73. The molecule has 64 valence electrons. The van der Waals surface area contributed by atoms with Gasteiger partial charge in [-0.1, -0.05) is 6.07 Å². The van der Waals surface area contributed by atoms with Gasteiger partial charge in [-0.15, -0.1) is 0 Å². The molecule has 4 nitrogen and oxygen atoms in total. The zero-order chi connectivity index (χ0) is 8.97. The van der Waals surface area contributed by atoms with E-state index in [1.807, 2.05) is 0 Å². The highest BCUT2D eigenvalue weighted by molar-refractivity contribution is 5.76. The van der Waals surface area contributed by atoms with Crippen LogP contribution in [0, 0.1) is 0 Å². The van der Waals surface area contributed by atoms with Crippen molar-refractivity contribution in [2.24, 2.45) is 5.73 Å². The third-order valence-electron chi connectivity index (χ3n) is 1.50. The number of aromatic nitrogens is 1. The minimum Gasteiger partial charge on any atom is -0.468 e. The van der Waals surface area contributed by atoms with Gasteiger partial charge in [0.25, 0.3) is 0 Å².